The molecule has 0 heterocycles. The van der Waals surface area contributed by atoms with Crippen LogP contribution in [0.3, 0.4) is 0 Å². The fourth-order valence-corrected chi connectivity index (χ4v) is 3.40. The van der Waals surface area contributed by atoms with Gasteiger partial charge in [0.05, 0.1) is 12.2 Å². The zero-order chi connectivity index (χ0) is 21.2. The van der Waals surface area contributed by atoms with Gasteiger partial charge in [0.15, 0.2) is 0 Å². The average molecular weight is 396 g/mol. The third-order valence-electron chi connectivity index (χ3n) is 5.14. The molecule has 0 spiro atoms. The Balaban J connectivity index is 2.20. The monoisotopic (exact) mass is 395 g/mol. The van der Waals surface area contributed by atoms with Gasteiger partial charge >= 0.3 is 5.97 Å². The molecule has 1 N–H and O–H groups in total. The molecule has 0 atom stereocenters. The van der Waals surface area contributed by atoms with Gasteiger partial charge in [-0.05, 0) is 49.6 Å². The summed E-state index contributed by atoms with van der Waals surface area (Å²) in [7, 11) is 0. The summed E-state index contributed by atoms with van der Waals surface area (Å²) in [5, 5.41) is 10.6. The van der Waals surface area contributed by atoms with Crippen molar-refractivity contribution in [2.75, 3.05) is 24.6 Å². The Hall–Kier alpha value is -2.75. The fourth-order valence-electron chi connectivity index (χ4n) is 3.40. The Morgan fingerprint density at radius 2 is 1.66 bits per heavy atom. The van der Waals surface area contributed by atoms with E-state index in [0.717, 1.165) is 44.5 Å². The van der Waals surface area contributed by atoms with Crippen molar-refractivity contribution in [1.82, 2.24) is 0 Å². The van der Waals surface area contributed by atoms with Crippen molar-refractivity contribution >= 4 is 17.2 Å². The zero-order valence-electron chi connectivity index (χ0n) is 17.9. The van der Waals surface area contributed by atoms with Gasteiger partial charge in [-0.1, -0.05) is 51.0 Å². The van der Waals surface area contributed by atoms with E-state index in [1.165, 1.54) is 0 Å². The Bertz CT molecular complexity index is 825. The van der Waals surface area contributed by atoms with Crippen LogP contribution in [0.15, 0.2) is 49.0 Å². The number of carbonyl (C=O) groups excluding carboxylic acids is 1. The smallest absolute Gasteiger partial charge is 0.338 e. The van der Waals surface area contributed by atoms with E-state index in [9.17, 15) is 9.90 Å². The number of carbonyl (C=O) groups is 1. The van der Waals surface area contributed by atoms with Crippen molar-refractivity contribution < 1.29 is 14.6 Å². The topological polar surface area (TPSA) is 49.8 Å². The minimum atomic E-state index is -0.350. The third-order valence-corrected chi connectivity index (χ3v) is 5.14. The number of nitrogens with zero attached hydrogens (tertiary/aromatic N) is 1. The maximum absolute atomic E-state index is 12.6. The van der Waals surface area contributed by atoms with Crippen molar-refractivity contribution in [3.63, 3.8) is 0 Å². The van der Waals surface area contributed by atoms with E-state index in [0.29, 0.717) is 28.9 Å². The lowest BCUT2D eigenvalue weighted by molar-refractivity contribution is 0.0497. The molecule has 0 saturated carbocycles. The van der Waals surface area contributed by atoms with Gasteiger partial charge in [0.1, 0.15) is 5.75 Å². The van der Waals surface area contributed by atoms with E-state index in [1.54, 1.807) is 12.1 Å². The Kier molecular flexibility index (Phi) is 8.78. The summed E-state index contributed by atoms with van der Waals surface area (Å²) in [6.07, 6.45) is 4.22. The molecule has 2 rings (SSSR count). The molecule has 0 aliphatic heterocycles. The van der Waals surface area contributed by atoms with Crippen molar-refractivity contribution in [3.05, 3.63) is 65.7 Å². The highest BCUT2D eigenvalue weighted by Crippen LogP contribution is 2.34. The van der Waals surface area contributed by atoms with Gasteiger partial charge in [0.2, 0.25) is 0 Å². The van der Waals surface area contributed by atoms with Gasteiger partial charge in [0.25, 0.3) is 0 Å². The van der Waals surface area contributed by atoms with E-state index in [-0.39, 0.29) is 11.7 Å². The van der Waals surface area contributed by atoms with E-state index in [4.69, 9.17) is 4.74 Å². The molecule has 0 fully saturated rings. The Morgan fingerprint density at radius 3 is 2.28 bits per heavy atom. The number of ether oxygens (including phenoxy) is 1. The average Bonchev–Trinajstić information content (AvgIpc) is 2.74. The number of phenolic OH excluding ortho intramolecular Hbond substituents is 1. The van der Waals surface area contributed by atoms with Crippen LogP contribution >= 0.6 is 0 Å². The van der Waals surface area contributed by atoms with E-state index in [2.05, 4.69) is 32.3 Å². The third kappa shape index (κ3) is 5.86. The lowest BCUT2D eigenvalue weighted by Crippen LogP contribution is -2.21. The minimum Gasteiger partial charge on any atom is -0.507 e. The normalized spacial score (nSPS) is 10.6. The molecule has 0 unspecified atom stereocenters. The van der Waals surface area contributed by atoms with Crippen LogP contribution in [0.2, 0.25) is 0 Å². The second-order valence-electron chi connectivity index (χ2n) is 7.09. The van der Waals surface area contributed by atoms with Gasteiger partial charge in [-0.15, -0.1) is 0 Å². The van der Waals surface area contributed by atoms with Crippen LogP contribution in [0.4, 0.5) is 5.69 Å². The first-order valence-corrected chi connectivity index (χ1v) is 10.6. The quantitative estimate of drug-likeness (QED) is 0.372. The number of anilines is 1. The SMILES string of the molecule is C=C(c1ccc(N(CC)CC)cc1O)c1ccccc1C(=O)OCCCCCC. The molecule has 0 saturated heterocycles. The molecule has 0 bridgehead atoms. The van der Waals surface area contributed by atoms with Crippen molar-refractivity contribution in [1.29, 1.82) is 0 Å². The van der Waals surface area contributed by atoms with Crippen molar-refractivity contribution in [3.8, 4) is 5.75 Å². The summed E-state index contributed by atoms with van der Waals surface area (Å²) in [5.41, 5.74) is 3.33. The van der Waals surface area contributed by atoms with Crippen molar-refractivity contribution in [2.45, 2.75) is 46.5 Å². The molecule has 156 valence electrons. The van der Waals surface area contributed by atoms with E-state index < -0.39 is 0 Å². The molecule has 2 aromatic carbocycles. The van der Waals surface area contributed by atoms with Gasteiger partial charge < -0.3 is 14.7 Å². The summed E-state index contributed by atoms with van der Waals surface area (Å²) < 4.78 is 5.46. The summed E-state index contributed by atoms with van der Waals surface area (Å²) in [5.74, 6) is -0.195. The molecule has 0 aromatic heterocycles. The first-order chi connectivity index (χ1) is 14.0. The van der Waals surface area contributed by atoms with Gasteiger partial charge in [-0.25, -0.2) is 4.79 Å². The predicted molar refractivity (Wildman–Crippen MR) is 121 cm³/mol. The number of hydrogen-bond acceptors (Lipinski definition) is 4. The second-order valence-corrected chi connectivity index (χ2v) is 7.09. The number of aromatic hydroxyl groups is 1. The molecule has 29 heavy (non-hydrogen) atoms. The number of phenols is 1. The zero-order valence-corrected chi connectivity index (χ0v) is 17.9. The van der Waals surface area contributed by atoms with Gasteiger partial charge in [-0.3, -0.25) is 0 Å². The summed E-state index contributed by atoms with van der Waals surface area (Å²) in [4.78, 5) is 14.8. The van der Waals surface area contributed by atoms with E-state index >= 15 is 0 Å². The lowest BCUT2D eigenvalue weighted by atomic mass is 9.94. The first-order valence-electron chi connectivity index (χ1n) is 10.6. The molecular weight excluding hydrogens is 362 g/mol. The molecule has 0 aliphatic carbocycles. The van der Waals surface area contributed by atoms with Gasteiger partial charge in [-0.2, -0.15) is 0 Å². The molecule has 0 amide bonds. The number of esters is 1. The van der Waals surface area contributed by atoms with Crippen molar-refractivity contribution in [2.24, 2.45) is 0 Å². The van der Waals surface area contributed by atoms with E-state index in [1.807, 2.05) is 30.3 Å². The Morgan fingerprint density at radius 1 is 0.966 bits per heavy atom. The van der Waals surface area contributed by atoms with Crippen LogP contribution in [0.5, 0.6) is 5.75 Å². The molecular formula is C25H33NO3. The minimum absolute atomic E-state index is 0.155. The summed E-state index contributed by atoms with van der Waals surface area (Å²) in [6.45, 7) is 12.6. The van der Waals surface area contributed by atoms with Gasteiger partial charge in [0, 0.05) is 30.4 Å². The maximum Gasteiger partial charge on any atom is 0.338 e. The maximum atomic E-state index is 12.6. The highest BCUT2D eigenvalue weighted by molar-refractivity contribution is 5.98. The highest BCUT2D eigenvalue weighted by atomic mass is 16.5. The van der Waals surface area contributed by atoms with Crippen LogP contribution in [0.25, 0.3) is 5.57 Å². The first kappa shape index (κ1) is 22.5. The predicted octanol–water partition coefficient (Wildman–Crippen LogP) is 6.04. The molecule has 4 nitrogen and oxygen atoms in total. The Labute approximate surface area is 174 Å². The van der Waals surface area contributed by atoms with Crippen LogP contribution < -0.4 is 4.90 Å². The van der Waals surface area contributed by atoms with Crippen LogP contribution in [-0.2, 0) is 4.74 Å². The standard InChI is InChI=1S/C25H33NO3/c1-5-8-9-12-17-29-25(28)23-14-11-10-13-21(23)19(4)22-16-15-20(18-24(22)27)26(6-2)7-3/h10-11,13-16,18,27H,4-9,12,17H2,1-3H3. The molecule has 4 heteroatoms. The van der Waals surface area contributed by atoms with Crippen LogP contribution in [-0.4, -0.2) is 30.8 Å². The number of benzene rings is 2. The molecule has 2 aromatic rings. The fraction of sp³-hybridized carbons (Fsp3) is 0.400. The second kappa shape index (κ2) is 11.3. The summed E-state index contributed by atoms with van der Waals surface area (Å²) >= 11 is 0. The number of rotatable bonds is 11. The molecule has 0 aliphatic rings. The summed E-state index contributed by atoms with van der Waals surface area (Å²) in [6, 6.07) is 12.8. The lowest BCUT2D eigenvalue weighted by Gasteiger charge is -2.22. The van der Waals surface area contributed by atoms with Crippen LogP contribution in [0, 0.1) is 0 Å². The number of hydrogen-bond donors (Lipinski definition) is 1. The number of unbranched alkanes of at least 4 members (excludes halogenated alkanes) is 3. The van der Waals surface area contributed by atoms with Crippen LogP contribution in [0.1, 0.15) is 67.9 Å². The highest BCUT2D eigenvalue weighted by Gasteiger charge is 2.17. The largest absolute Gasteiger partial charge is 0.507 e. The molecule has 0 radical (unpaired) electrons.